The summed E-state index contributed by atoms with van der Waals surface area (Å²) in [5, 5.41) is 0. The quantitative estimate of drug-likeness (QED) is 0.826. The van der Waals surface area contributed by atoms with Crippen molar-refractivity contribution < 1.29 is 4.79 Å². The zero-order valence-corrected chi connectivity index (χ0v) is 9.56. The summed E-state index contributed by atoms with van der Waals surface area (Å²) in [6, 6.07) is 1.96. The average molecular weight is 221 g/mol. The number of piperidine rings is 1. The molecular weight excluding hydrogens is 202 g/mol. The number of hydrogen-bond acceptors (Lipinski definition) is 2. The number of carbonyl (C=O) groups excluding carboxylic acids is 1. The molecule has 0 unspecified atom stereocenters. The number of amides is 1. The maximum atomic E-state index is 11.9. The fourth-order valence-electron chi connectivity index (χ4n) is 2.11. The molecule has 4 heteroatoms. The van der Waals surface area contributed by atoms with Crippen molar-refractivity contribution in [2.24, 2.45) is 5.73 Å². The van der Waals surface area contributed by atoms with E-state index in [2.05, 4.69) is 0 Å². The molecule has 4 nitrogen and oxygen atoms in total. The minimum atomic E-state index is 0.221. The summed E-state index contributed by atoms with van der Waals surface area (Å²) in [6.07, 6.45) is 7.41. The highest BCUT2D eigenvalue weighted by atomic mass is 16.2. The first-order valence-corrected chi connectivity index (χ1v) is 5.92. The Kier molecular flexibility index (Phi) is 3.62. The summed E-state index contributed by atoms with van der Waals surface area (Å²) in [7, 11) is 0. The van der Waals surface area contributed by atoms with Gasteiger partial charge in [-0.05, 0) is 30.9 Å². The minimum absolute atomic E-state index is 0.221. The van der Waals surface area contributed by atoms with E-state index >= 15 is 0 Å². The molecule has 88 valence electrons. The molecule has 1 aromatic heterocycles. The fraction of sp³-hybridized carbons (Fsp3) is 0.583. The summed E-state index contributed by atoms with van der Waals surface area (Å²) in [4.78, 5) is 13.9. The second-order valence-electron chi connectivity index (χ2n) is 4.34. The van der Waals surface area contributed by atoms with E-state index in [4.69, 9.17) is 5.73 Å². The highest BCUT2D eigenvalue weighted by molar-refractivity contribution is 5.76. The van der Waals surface area contributed by atoms with Crippen molar-refractivity contribution in [3.8, 4) is 0 Å². The minimum Gasteiger partial charge on any atom is -0.345 e. The Balaban J connectivity index is 1.90. The van der Waals surface area contributed by atoms with Crippen molar-refractivity contribution in [2.75, 3.05) is 13.1 Å². The Morgan fingerprint density at radius 3 is 2.69 bits per heavy atom. The lowest BCUT2D eigenvalue weighted by molar-refractivity contribution is -0.132. The first kappa shape index (κ1) is 11.2. The normalized spacial score (nSPS) is 16.4. The molecule has 0 aliphatic carbocycles. The van der Waals surface area contributed by atoms with Crippen molar-refractivity contribution in [3.05, 3.63) is 24.0 Å². The third-order valence-electron chi connectivity index (χ3n) is 3.07. The van der Waals surface area contributed by atoms with Gasteiger partial charge in [0, 0.05) is 32.0 Å². The van der Waals surface area contributed by atoms with Crippen LogP contribution in [-0.2, 0) is 17.9 Å². The third kappa shape index (κ3) is 2.64. The van der Waals surface area contributed by atoms with Crippen LogP contribution in [0, 0.1) is 0 Å². The van der Waals surface area contributed by atoms with Crippen molar-refractivity contribution in [2.45, 2.75) is 32.4 Å². The lowest BCUT2D eigenvalue weighted by atomic mass is 10.1. The van der Waals surface area contributed by atoms with E-state index < -0.39 is 0 Å². The lowest BCUT2D eigenvalue weighted by Crippen LogP contribution is -2.37. The van der Waals surface area contributed by atoms with Gasteiger partial charge in [-0.15, -0.1) is 0 Å². The molecule has 0 bridgehead atoms. The number of hydrogen-bond donors (Lipinski definition) is 1. The molecule has 0 saturated carbocycles. The van der Waals surface area contributed by atoms with E-state index in [1.54, 1.807) is 0 Å². The number of carbonyl (C=O) groups is 1. The Labute approximate surface area is 96.0 Å². The molecule has 2 rings (SSSR count). The third-order valence-corrected chi connectivity index (χ3v) is 3.07. The van der Waals surface area contributed by atoms with E-state index in [1.807, 2.05) is 27.9 Å². The van der Waals surface area contributed by atoms with Crippen LogP contribution >= 0.6 is 0 Å². The average Bonchev–Trinajstić information content (AvgIpc) is 2.78. The molecule has 0 radical (unpaired) electrons. The monoisotopic (exact) mass is 221 g/mol. The Hall–Kier alpha value is -1.29. The highest BCUT2D eigenvalue weighted by Crippen LogP contribution is 2.10. The predicted octanol–water partition coefficient (Wildman–Crippen LogP) is 0.959. The van der Waals surface area contributed by atoms with Crippen LogP contribution in [0.5, 0.6) is 0 Å². The molecule has 2 heterocycles. The maximum absolute atomic E-state index is 11.9. The van der Waals surface area contributed by atoms with Gasteiger partial charge in [-0.3, -0.25) is 4.79 Å². The Bertz CT molecular complexity index is 353. The summed E-state index contributed by atoms with van der Waals surface area (Å²) in [5.74, 6) is 0.221. The maximum Gasteiger partial charge on any atom is 0.242 e. The van der Waals surface area contributed by atoms with Crippen LogP contribution in [0.25, 0.3) is 0 Å². The van der Waals surface area contributed by atoms with E-state index in [1.165, 1.54) is 6.42 Å². The van der Waals surface area contributed by atoms with Crippen LogP contribution in [0.15, 0.2) is 18.5 Å². The largest absolute Gasteiger partial charge is 0.345 e. The predicted molar refractivity (Wildman–Crippen MR) is 62.8 cm³/mol. The van der Waals surface area contributed by atoms with Gasteiger partial charge in [-0.25, -0.2) is 0 Å². The number of rotatable bonds is 3. The number of likely N-dealkylation sites (tertiary alicyclic amines) is 1. The van der Waals surface area contributed by atoms with Crippen molar-refractivity contribution >= 4 is 5.91 Å². The molecule has 1 aromatic rings. The van der Waals surface area contributed by atoms with Crippen molar-refractivity contribution in [3.63, 3.8) is 0 Å². The topological polar surface area (TPSA) is 51.3 Å². The highest BCUT2D eigenvalue weighted by Gasteiger charge is 2.16. The van der Waals surface area contributed by atoms with Gasteiger partial charge in [0.25, 0.3) is 0 Å². The van der Waals surface area contributed by atoms with E-state index in [9.17, 15) is 4.79 Å². The van der Waals surface area contributed by atoms with Crippen molar-refractivity contribution in [1.29, 1.82) is 0 Å². The molecular formula is C12H19N3O. The summed E-state index contributed by atoms with van der Waals surface area (Å²) < 4.78 is 1.92. The van der Waals surface area contributed by atoms with E-state index in [-0.39, 0.29) is 5.91 Å². The zero-order valence-electron chi connectivity index (χ0n) is 9.56. The molecule has 0 aromatic carbocycles. The molecule has 0 atom stereocenters. The molecule has 0 spiro atoms. The Morgan fingerprint density at radius 2 is 2.06 bits per heavy atom. The molecule has 1 aliphatic rings. The van der Waals surface area contributed by atoms with Gasteiger partial charge in [0.15, 0.2) is 0 Å². The number of aromatic nitrogens is 1. The first-order chi connectivity index (χ1) is 7.79. The van der Waals surface area contributed by atoms with Gasteiger partial charge in [-0.1, -0.05) is 0 Å². The second kappa shape index (κ2) is 5.16. The second-order valence-corrected chi connectivity index (χ2v) is 4.34. The van der Waals surface area contributed by atoms with Crippen molar-refractivity contribution in [1.82, 2.24) is 9.47 Å². The molecule has 1 aliphatic heterocycles. The van der Waals surface area contributed by atoms with Crippen LogP contribution in [0.3, 0.4) is 0 Å². The molecule has 1 amide bonds. The lowest BCUT2D eigenvalue weighted by Gasteiger charge is -2.26. The van der Waals surface area contributed by atoms with E-state index in [0.29, 0.717) is 13.1 Å². The number of nitrogens with zero attached hydrogens (tertiary/aromatic N) is 2. The van der Waals surface area contributed by atoms with Gasteiger partial charge >= 0.3 is 0 Å². The smallest absolute Gasteiger partial charge is 0.242 e. The van der Waals surface area contributed by atoms with Crippen LogP contribution in [0.4, 0.5) is 0 Å². The number of nitrogens with two attached hydrogens (primary N) is 1. The Morgan fingerprint density at radius 1 is 1.31 bits per heavy atom. The molecule has 2 N–H and O–H groups in total. The molecule has 1 saturated heterocycles. The van der Waals surface area contributed by atoms with Crippen LogP contribution in [-0.4, -0.2) is 28.5 Å². The fourth-order valence-corrected chi connectivity index (χ4v) is 2.11. The first-order valence-electron chi connectivity index (χ1n) is 5.92. The summed E-state index contributed by atoms with van der Waals surface area (Å²) in [6.45, 7) is 2.82. The van der Waals surface area contributed by atoms with Gasteiger partial charge in [-0.2, -0.15) is 0 Å². The zero-order chi connectivity index (χ0) is 11.4. The van der Waals surface area contributed by atoms with Crippen LogP contribution in [0.2, 0.25) is 0 Å². The van der Waals surface area contributed by atoms with Crippen LogP contribution in [0.1, 0.15) is 24.8 Å². The molecule has 1 fully saturated rings. The van der Waals surface area contributed by atoms with Gasteiger partial charge in [0.2, 0.25) is 5.91 Å². The van der Waals surface area contributed by atoms with E-state index in [0.717, 1.165) is 31.5 Å². The van der Waals surface area contributed by atoms with Gasteiger partial charge < -0.3 is 15.2 Å². The standard InChI is InChI=1S/C12H19N3O/c13-8-11-4-7-14(9-11)10-12(16)15-5-2-1-3-6-15/h4,7,9H,1-3,5-6,8,10,13H2. The SMILES string of the molecule is NCc1ccn(CC(=O)N2CCCCC2)c1. The summed E-state index contributed by atoms with van der Waals surface area (Å²) >= 11 is 0. The van der Waals surface area contributed by atoms with Crippen LogP contribution < -0.4 is 5.73 Å². The van der Waals surface area contributed by atoms with Gasteiger partial charge in [0.1, 0.15) is 6.54 Å². The van der Waals surface area contributed by atoms with Gasteiger partial charge in [0.05, 0.1) is 0 Å². The molecule has 16 heavy (non-hydrogen) atoms. The summed E-state index contributed by atoms with van der Waals surface area (Å²) in [5.41, 5.74) is 6.60.